The monoisotopic (exact) mass is 330 g/mol. The highest BCUT2D eigenvalue weighted by Gasteiger charge is 2.30. The molecule has 0 saturated heterocycles. The van der Waals surface area contributed by atoms with Crippen LogP contribution in [0.5, 0.6) is 0 Å². The molecule has 0 spiro atoms. The third-order valence-corrected chi connectivity index (χ3v) is 5.05. The van der Waals surface area contributed by atoms with Crippen molar-refractivity contribution in [3.63, 3.8) is 0 Å². The summed E-state index contributed by atoms with van der Waals surface area (Å²) in [6.45, 7) is 6.16. The Morgan fingerprint density at radius 1 is 1.43 bits per heavy atom. The lowest BCUT2D eigenvalue weighted by Crippen LogP contribution is -2.30. The number of nitrogens with zero attached hydrogens (tertiary/aromatic N) is 2. The summed E-state index contributed by atoms with van der Waals surface area (Å²) in [6, 6.07) is 6.67. The van der Waals surface area contributed by atoms with E-state index in [1.807, 2.05) is 6.92 Å². The van der Waals surface area contributed by atoms with Crippen LogP contribution in [0, 0.1) is 19.8 Å². The van der Waals surface area contributed by atoms with Crippen molar-refractivity contribution >= 4 is 17.7 Å². The summed E-state index contributed by atoms with van der Waals surface area (Å²) in [7, 11) is 0. The van der Waals surface area contributed by atoms with Gasteiger partial charge in [-0.2, -0.15) is 0 Å². The van der Waals surface area contributed by atoms with E-state index in [2.05, 4.69) is 52.5 Å². The molecule has 0 bridgehead atoms. The quantitative estimate of drug-likeness (QED) is 0.827. The standard InChI is InChI=1S/C17H22N4OS/c1-10-4-5-13-9-11(2)16(14(13)8-10)19-15(22)6-7-23-17-18-12(3)20-21-17/h4-5,8,11,16H,6-7,9H2,1-3H3,(H,19,22)(H,18,20,21). The smallest absolute Gasteiger partial charge is 0.221 e. The number of aromatic amines is 1. The molecule has 2 unspecified atom stereocenters. The predicted octanol–water partition coefficient (Wildman–Crippen LogP) is 2.95. The number of nitrogens with one attached hydrogen (secondary N) is 2. The van der Waals surface area contributed by atoms with E-state index in [9.17, 15) is 4.79 Å². The van der Waals surface area contributed by atoms with Crippen LogP contribution in [0.1, 0.15) is 41.9 Å². The molecule has 1 aliphatic rings. The van der Waals surface area contributed by atoms with E-state index in [0.29, 0.717) is 23.2 Å². The minimum absolute atomic E-state index is 0.0935. The van der Waals surface area contributed by atoms with Crippen molar-refractivity contribution in [3.05, 3.63) is 40.7 Å². The number of rotatable bonds is 5. The van der Waals surface area contributed by atoms with Gasteiger partial charge in [0.05, 0.1) is 6.04 Å². The lowest BCUT2D eigenvalue weighted by atomic mass is 10.0. The highest BCUT2D eigenvalue weighted by Crippen LogP contribution is 2.36. The highest BCUT2D eigenvalue weighted by molar-refractivity contribution is 7.99. The molecular weight excluding hydrogens is 308 g/mol. The van der Waals surface area contributed by atoms with Crippen LogP contribution in [-0.4, -0.2) is 26.8 Å². The molecule has 0 aliphatic heterocycles. The molecule has 3 rings (SSSR count). The van der Waals surface area contributed by atoms with Crippen LogP contribution < -0.4 is 5.32 Å². The van der Waals surface area contributed by atoms with Crippen molar-refractivity contribution in [2.45, 2.75) is 44.8 Å². The zero-order valence-electron chi connectivity index (χ0n) is 13.7. The Hall–Kier alpha value is -1.82. The predicted molar refractivity (Wildman–Crippen MR) is 91.4 cm³/mol. The molecule has 1 aliphatic carbocycles. The Labute approximate surface area is 140 Å². The van der Waals surface area contributed by atoms with Crippen LogP contribution in [0.25, 0.3) is 0 Å². The van der Waals surface area contributed by atoms with Gasteiger partial charge in [0.1, 0.15) is 5.82 Å². The summed E-state index contributed by atoms with van der Waals surface area (Å²) in [4.78, 5) is 16.5. The lowest BCUT2D eigenvalue weighted by molar-refractivity contribution is -0.121. The number of fused-ring (bicyclic) bond motifs is 1. The first-order chi connectivity index (χ1) is 11.0. The van der Waals surface area contributed by atoms with Crippen LogP contribution in [0.4, 0.5) is 0 Å². The fraction of sp³-hybridized carbons (Fsp3) is 0.471. The van der Waals surface area contributed by atoms with Crippen LogP contribution >= 0.6 is 11.8 Å². The zero-order chi connectivity index (χ0) is 16.4. The number of benzene rings is 1. The lowest BCUT2D eigenvalue weighted by Gasteiger charge is -2.19. The van der Waals surface area contributed by atoms with Gasteiger partial charge in [-0.3, -0.25) is 9.89 Å². The molecule has 23 heavy (non-hydrogen) atoms. The minimum Gasteiger partial charge on any atom is -0.349 e. The van der Waals surface area contributed by atoms with E-state index < -0.39 is 0 Å². The topological polar surface area (TPSA) is 70.7 Å². The summed E-state index contributed by atoms with van der Waals surface area (Å²) in [6.07, 6.45) is 1.51. The normalized spacial score (nSPS) is 19.6. The molecule has 1 aromatic carbocycles. The van der Waals surface area contributed by atoms with Gasteiger partial charge in [-0.05, 0) is 37.3 Å². The Kier molecular flexibility index (Phi) is 4.71. The van der Waals surface area contributed by atoms with Crippen molar-refractivity contribution in [2.75, 3.05) is 5.75 Å². The number of hydrogen-bond donors (Lipinski definition) is 2. The highest BCUT2D eigenvalue weighted by atomic mass is 32.2. The molecule has 2 aromatic rings. The van der Waals surface area contributed by atoms with E-state index in [1.54, 1.807) is 0 Å². The molecule has 122 valence electrons. The van der Waals surface area contributed by atoms with Gasteiger partial charge >= 0.3 is 0 Å². The summed E-state index contributed by atoms with van der Waals surface area (Å²) >= 11 is 1.50. The average Bonchev–Trinajstić information content (AvgIpc) is 3.04. The first-order valence-corrected chi connectivity index (χ1v) is 8.92. The van der Waals surface area contributed by atoms with Crippen molar-refractivity contribution < 1.29 is 4.79 Å². The number of amides is 1. The molecule has 2 atom stereocenters. The summed E-state index contributed by atoms with van der Waals surface area (Å²) in [5.41, 5.74) is 3.88. The van der Waals surface area contributed by atoms with Crippen LogP contribution in [0.3, 0.4) is 0 Å². The fourth-order valence-corrected chi connectivity index (χ4v) is 3.83. The number of thioether (sulfide) groups is 1. The minimum atomic E-state index is 0.0935. The SMILES string of the molecule is Cc1ccc2c(c1)C(NC(=O)CCSc1n[nH]c(C)n1)C(C)C2. The average molecular weight is 330 g/mol. The maximum atomic E-state index is 12.3. The Bertz CT molecular complexity index is 712. The van der Waals surface area contributed by atoms with E-state index in [0.717, 1.165) is 12.2 Å². The third kappa shape index (κ3) is 3.75. The molecule has 2 N–H and O–H groups in total. The van der Waals surface area contributed by atoms with Gasteiger partial charge in [-0.15, -0.1) is 5.10 Å². The second-order valence-corrected chi connectivity index (χ2v) is 7.29. The van der Waals surface area contributed by atoms with E-state index in [1.165, 1.54) is 28.5 Å². The van der Waals surface area contributed by atoms with E-state index in [-0.39, 0.29) is 11.9 Å². The second-order valence-electron chi connectivity index (χ2n) is 6.23. The number of carbonyl (C=O) groups is 1. The number of H-pyrrole nitrogens is 1. The van der Waals surface area contributed by atoms with Crippen molar-refractivity contribution in [2.24, 2.45) is 5.92 Å². The maximum Gasteiger partial charge on any atom is 0.221 e. The fourth-order valence-electron chi connectivity index (χ4n) is 3.05. The molecule has 5 nitrogen and oxygen atoms in total. The van der Waals surface area contributed by atoms with Gasteiger partial charge in [0.2, 0.25) is 11.1 Å². The second kappa shape index (κ2) is 6.74. The van der Waals surface area contributed by atoms with Crippen LogP contribution in [0.15, 0.2) is 23.4 Å². The van der Waals surface area contributed by atoms with Crippen LogP contribution in [-0.2, 0) is 11.2 Å². The van der Waals surface area contributed by atoms with Gasteiger partial charge in [-0.25, -0.2) is 4.98 Å². The molecule has 1 heterocycles. The molecule has 0 radical (unpaired) electrons. The molecule has 1 aromatic heterocycles. The first-order valence-electron chi connectivity index (χ1n) is 7.93. The van der Waals surface area contributed by atoms with Crippen molar-refractivity contribution in [1.29, 1.82) is 0 Å². The van der Waals surface area contributed by atoms with Gasteiger partial charge in [0.25, 0.3) is 0 Å². The maximum absolute atomic E-state index is 12.3. The van der Waals surface area contributed by atoms with Gasteiger partial charge < -0.3 is 5.32 Å². The largest absolute Gasteiger partial charge is 0.349 e. The van der Waals surface area contributed by atoms with Crippen molar-refractivity contribution in [3.8, 4) is 0 Å². The first kappa shape index (κ1) is 16.1. The Morgan fingerprint density at radius 2 is 2.26 bits per heavy atom. The molecule has 0 saturated carbocycles. The molecule has 6 heteroatoms. The van der Waals surface area contributed by atoms with Gasteiger partial charge in [0.15, 0.2) is 0 Å². The van der Waals surface area contributed by atoms with Gasteiger partial charge in [0, 0.05) is 12.2 Å². The van der Waals surface area contributed by atoms with E-state index in [4.69, 9.17) is 0 Å². The number of aromatic nitrogens is 3. The van der Waals surface area contributed by atoms with Crippen LogP contribution in [0.2, 0.25) is 0 Å². The van der Waals surface area contributed by atoms with Crippen molar-refractivity contribution in [1.82, 2.24) is 20.5 Å². The molecule has 0 fully saturated rings. The Morgan fingerprint density at radius 3 is 3.00 bits per heavy atom. The summed E-state index contributed by atoms with van der Waals surface area (Å²) < 4.78 is 0. The van der Waals surface area contributed by atoms with Gasteiger partial charge in [-0.1, -0.05) is 42.4 Å². The number of aryl methyl sites for hydroxylation is 2. The Balaban J connectivity index is 1.55. The summed E-state index contributed by atoms with van der Waals surface area (Å²) in [5, 5.41) is 10.8. The molecule has 1 amide bonds. The number of carbonyl (C=O) groups excluding carboxylic acids is 1. The zero-order valence-corrected chi connectivity index (χ0v) is 14.5. The van der Waals surface area contributed by atoms with E-state index >= 15 is 0 Å². The summed E-state index contributed by atoms with van der Waals surface area (Å²) in [5.74, 6) is 2.02. The molecular formula is C17H22N4OS. The third-order valence-electron chi connectivity index (χ3n) is 4.20. The number of hydrogen-bond acceptors (Lipinski definition) is 4.